The topological polar surface area (TPSA) is 18.5 Å². The van der Waals surface area contributed by atoms with Gasteiger partial charge in [-0.25, -0.2) is 0 Å². The predicted molar refractivity (Wildman–Crippen MR) is 70.5 cm³/mol. The van der Waals surface area contributed by atoms with Gasteiger partial charge in [0.2, 0.25) is 9.04 Å². The van der Waals surface area contributed by atoms with E-state index < -0.39 is 9.04 Å². The van der Waals surface area contributed by atoms with Crippen LogP contribution in [-0.4, -0.2) is 28.9 Å². The summed E-state index contributed by atoms with van der Waals surface area (Å²) in [5.41, 5.74) is 1.97. The van der Waals surface area contributed by atoms with Crippen LogP contribution in [0, 0.1) is 0 Å². The molecule has 2 nitrogen and oxygen atoms in total. The summed E-state index contributed by atoms with van der Waals surface area (Å²) in [6.07, 6.45) is 0.956. The Morgan fingerprint density at radius 3 is 2.62 bits per heavy atom. The number of ether oxygens (including phenoxy) is 1. The third-order valence-electron chi connectivity index (χ3n) is 2.28. The van der Waals surface area contributed by atoms with Crippen molar-refractivity contribution in [1.29, 1.82) is 0 Å². The smallest absolute Gasteiger partial charge is 0.232 e. The van der Waals surface area contributed by atoms with Crippen molar-refractivity contribution < 1.29 is 9.16 Å². The Labute approximate surface area is 99.6 Å². The maximum Gasteiger partial charge on any atom is 0.232 e. The Morgan fingerprint density at radius 1 is 1.25 bits per heavy atom. The van der Waals surface area contributed by atoms with Crippen molar-refractivity contribution in [3.8, 4) is 0 Å². The van der Waals surface area contributed by atoms with E-state index in [4.69, 9.17) is 9.16 Å². The summed E-state index contributed by atoms with van der Waals surface area (Å²) in [7, 11) is -1.41. The molecule has 0 saturated carbocycles. The van der Waals surface area contributed by atoms with E-state index in [0.29, 0.717) is 0 Å². The molecule has 0 bridgehead atoms. The number of hydrogen-bond donors (Lipinski definition) is 0. The highest BCUT2D eigenvalue weighted by molar-refractivity contribution is 6.72. The van der Waals surface area contributed by atoms with E-state index >= 15 is 0 Å². The zero-order valence-corrected chi connectivity index (χ0v) is 11.0. The van der Waals surface area contributed by atoms with Crippen molar-refractivity contribution in [3.05, 3.63) is 42.6 Å². The zero-order valence-electron chi connectivity index (χ0n) is 9.89. The highest BCUT2D eigenvalue weighted by Crippen LogP contribution is 1.94. The van der Waals surface area contributed by atoms with E-state index in [1.54, 1.807) is 0 Å². The first-order chi connectivity index (χ1) is 7.88. The van der Waals surface area contributed by atoms with Crippen LogP contribution in [-0.2, 0) is 9.16 Å². The molecule has 0 radical (unpaired) electrons. The lowest BCUT2D eigenvalue weighted by Crippen LogP contribution is -2.32. The van der Waals surface area contributed by atoms with Crippen molar-refractivity contribution in [1.82, 2.24) is 0 Å². The molecule has 16 heavy (non-hydrogen) atoms. The van der Waals surface area contributed by atoms with Gasteiger partial charge in [-0.1, -0.05) is 36.0 Å². The SMILES string of the molecule is C=C[SiH](OCCCOCC)c1ccccc1. The van der Waals surface area contributed by atoms with Gasteiger partial charge in [0.05, 0.1) is 0 Å². The van der Waals surface area contributed by atoms with E-state index in [9.17, 15) is 0 Å². The van der Waals surface area contributed by atoms with Crippen molar-refractivity contribution in [2.24, 2.45) is 0 Å². The van der Waals surface area contributed by atoms with E-state index in [2.05, 4.69) is 18.7 Å². The molecule has 0 amide bonds. The van der Waals surface area contributed by atoms with Gasteiger partial charge in [-0.15, -0.1) is 6.58 Å². The Morgan fingerprint density at radius 2 is 2.00 bits per heavy atom. The minimum absolute atomic E-state index is 0.762. The molecular weight excluding hydrogens is 216 g/mol. The van der Waals surface area contributed by atoms with Crippen molar-refractivity contribution in [3.63, 3.8) is 0 Å². The molecule has 1 aromatic rings. The van der Waals surface area contributed by atoms with Crippen LogP contribution >= 0.6 is 0 Å². The standard InChI is InChI=1S/C13H20O2Si/c1-3-14-11-8-12-15-16(4-2)13-9-6-5-7-10-13/h4-7,9-10,16H,2-3,8,11-12H2,1H3. The summed E-state index contributed by atoms with van der Waals surface area (Å²) >= 11 is 0. The van der Waals surface area contributed by atoms with Crippen LogP contribution in [0.15, 0.2) is 42.6 Å². The highest BCUT2D eigenvalue weighted by atomic mass is 28.3. The average molecular weight is 236 g/mol. The fourth-order valence-corrected chi connectivity index (χ4v) is 3.08. The first-order valence-electron chi connectivity index (χ1n) is 5.75. The number of rotatable bonds is 8. The van der Waals surface area contributed by atoms with E-state index in [1.165, 1.54) is 5.19 Å². The quantitative estimate of drug-likeness (QED) is 0.506. The van der Waals surface area contributed by atoms with Crippen molar-refractivity contribution in [2.75, 3.05) is 19.8 Å². The van der Waals surface area contributed by atoms with Gasteiger partial charge < -0.3 is 9.16 Å². The van der Waals surface area contributed by atoms with E-state index in [-0.39, 0.29) is 0 Å². The second kappa shape index (κ2) is 8.27. The molecular formula is C13H20O2Si. The summed E-state index contributed by atoms with van der Waals surface area (Å²) in [6.45, 7) is 8.19. The molecule has 1 rings (SSSR count). The Kier molecular flexibility index (Phi) is 6.81. The first kappa shape index (κ1) is 13.2. The van der Waals surface area contributed by atoms with Crippen molar-refractivity contribution >= 4 is 14.2 Å². The summed E-state index contributed by atoms with van der Waals surface area (Å²) in [4.78, 5) is 0. The van der Waals surface area contributed by atoms with Gasteiger partial charge in [-0.2, -0.15) is 0 Å². The molecule has 1 aromatic carbocycles. The third-order valence-corrected chi connectivity index (χ3v) is 4.34. The first-order valence-corrected chi connectivity index (χ1v) is 7.47. The Hall–Kier alpha value is -0.903. The van der Waals surface area contributed by atoms with Crippen LogP contribution in [0.2, 0.25) is 0 Å². The van der Waals surface area contributed by atoms with Gasteiger partial charge in [-0.3, -0.25) is 0 Å². The zero-order chi connectivity index (χ0) is 11.6. The second-order valence-electron chi connectivity index (χ2n) is 3.49. The fourth-order valence-electron chi connectivity index (χ4n) is 1.46. The fraction of sp³-hybridized carbons (Fsp3) is 0.385. The molecule has 88 valence electrons. The van der Waals surface area contributed by atoms with Crippen LogP contribution in [0.1, 0.15) is 13.3 Å². The second-order valence-corrected chi connectivity index (χ2v) is 5.80. The molecule has 3 heteroatoms. The van der Waals surface area contributed by atoms with Gasteiger partial charge in [0.25, 0.3) is 0 Å². The molecule has 0 heterocycles. The van der Waals surface area contributed by atoms with Gasteiger partial charge in [0, 0.05) is 19.8 Å². The van der Waals surface area contributed by atoms with Crippen LogP contribution in [0.4, 0.5) is 0 Å². The minimum Gasteiger partial charge on any atom is -0.411 e. The lowest BCUT2D eigenvalue weighted by Gasteiger charge is -2.12. The Bertz CT molecular complexity index is 287. The highest BCUT2D eigenvalue weighted by Gasteiger charge is 2.09. The van der Waals surface area contributed by atoms with Gasteiger partial charge in [-0.05, 0) is 18.5 Å². The number of benzene rings is 1. The molecule has 0 aromatic heterocycles. The minimum atomic E-state index is -1.41. The van der Waals surface area contributed by atoms with E-state index in [0.717, 1.165) is 26.2 Å². The molecule has 1 unspecified atom stereocenters. The lowest BCUT2D eigenvalue weighted by molar-refractivity contribution is 0.131. The van der Waals surface area contributed by atoms with Crippen molar-refractivity contribution in [2.45, 2.75) is 13.3 Å². The molecule has 0 aliphatic rings. The molecule has 0 aliphatic heterocycles. The van der Waals surface area contributed by atoms with Crippen LogP contribution in [0.25, 0.3) is 0 Å². The van der Waals surface area contributed by atoms with E-state index in [1.807, 2.05) is 30.8 Å². The summed E-state index contributed by atoms with van der Waals surface area (Å²) in [6, 6.07) is 10.3. The maximum atomic E-state index is 5.86. The Balaban J connectivity index is 2.30. The molecule has 0 fully saturated rings. The summed E-state index contributed by atoms with van der Waals surface area (Å²) < 4.78 is 11.1. The van der Waals surface area contributed by atoms with Gasteiger partial charge >= 0.3 is 0 Å². The molecule has 0 spiro atoms. The summed E-state index contributed by atoms with van der Waals surface area (Å²) in [5.74, 6) is 0. The number of hydrogen-bond acceptors (Lipinski definition) is 2. The lowest BCUT2D eigenvalue weighted by atomic mass is 10.4. The normalized spacial score (nSPS) is 12.3. The van der Waals surface area contributed by atoms with Crippen LogP contribution in [0.5, 0.6) is 0 Å². The largest absolute Gasteiger partial charge is 0.411 e. The van der Waals surface area contributed by atoms with Gasteiger partial charge in [0.15, 0.2) is 0 Å². The van der Waals surface area contributed by atoms with Crippen LogP contribution in [0.3, 0.4) is 0 Å². The summed E-state index contributed by atoms with van der Waals surface area (Å²) in [5, 5.41) is 1.29. The monoisotopic (exact) mass is 236 g/mol. The molecule has 1 atom stereocenters. The maximum absolute atomic E-state index is 5.86. The van der Waals surface area contributed by atoms with Crippen LogP contribution < -0.4 is 5.19 Å². The van der Waals surface area contributed by atoms with Gasteiger partial charge in [0.1, 0.15) is 0 Å². The third kappa shape index (κ3) is 4.75. The predicted octanol–water partition coefficient (Wildman–Crippen LogP) is 1.79. The molecule has 0 aliphatic carbocycles. The average Bonchev–Trinajstić information content (AvgIpc) is 2.35. The molecule has 0 N–H and O–H groups in total. The molecule has 0 saturated heterocycles.